The highest BCUT2D eigenvalue weighted by Gasteiger charge is 2.18. The zero-order valence-electron chi connectivity index (χ0n) is 19.1. The van der Waals surface area contributed by atoms with E-state index in [1.54, 1.807) is 0 Å². The summed E-state index contributed by atoms with van der Waals surface area (Å²) in [5.41, 5.74) is 6.37. The van der Waals surface area contributed by atoms with Crippen molar-refractivity contribution in [3.05, 3.63) is 11.8 Å². The summed E-state index contributed by atoms with van der Waals surface area (Å²) >= 11 is 0. The second-order valence-electron chi connectivity index (χ2n) is 8.35. The van der Waals surface area contributed by atoms with Crippen molar-refractivity contribution in [2.24, 2.45) is 5.73 Å². The maximum Gasteiger partial charge on any atom is 0.224 e. The van der Waals surface area contributed by atoms with Gasteiger partial charge < -0.3 is 25.8 Å². The largest absolute Gasteiger partial charge is 0.378 e. The summed E-state index contributed by atoms with van der Waals surface area (Å²) in [6.45, 7) is 13.2. The third-order valence-corrected chi connectivity index (χ3v) is 4.49. The van der Waals surface area contributed by atoms with Gasteiger partial charge in [-0.1, -0.05) is 59.8 Å². The third kappa shape index (κ3) is 12.7. The molecule has 0 aromatic carbocycles. The molecule has 0 unspecified atom stereocenters. The van der Waals surface area contributed by atoms with Crippen LogP contribution in [0.15, 0.2) is 6.07 Å². The lowest BCUT2D eigenvalue weighted by atomic mass is 9.92. The fourth-order valence-corrected chi connectivity index (χ4v) is 2.76. The standard InChI is InChI=1S/C22H43N5O2/c1-5-6-7-8-9-10-12-25-21-26-19(22(2,3)4)18-20(27-21)24-13-15-29-17-16-28-14-11-23/h18H,5-17,23H2,1-4H3,(H2,24,25,26,27). The molecule has 1 rings (SSSR count). The lowest BCUT2D eigenvalue weighted by molar-refractivity contribution is 0.0547. The van der Waals surface area contributed by atoms with Crippen LogP contribution in [0.25, 0.3) is 0 Å². The number of aromatic nitrogens is 2. The average molecular weight is 410 g/mol. The van der Waals surface area contributed by atoms with Gasteiger partial charge >= 0.3 is 0 Å². The maximum atomic E-state index is 5.56. The van der Waals surface area contributed by atoms with Crippen molar-refractivity contribution in [1.29, 1.82) is 0 Å². The highest BCUT2D eigenvalue weighted by Crippen LogP contribution is 2.23. The van der Waals surface area contributed by atoms with Gasteiger partial charge in [0.25, 0.3) is 0 Å². The van der Waals surface area contributed by atoms with Crippen molar-refractivity contribution in [3.8, 4) is 0 Å². The molecule has 1 aromatic heterocycles. The maximum absolute atomic E-state index is 5.56. The Morgan fingerprint density at radius 3 is 2.24 bits per heavy atom. The van der Waals surface area contributed by atoms with E-state index in [2.05, 4.69) is 43.3 Å². The number of nitrogens with two attached hydrogens (primary N) is 1. The smallest absolute Gasteiger partial charge is 0.224 e. The van der Waals surface area contributed by atoms with E-state index in [0.717, 1.165) is 24.5 Å². The molecular weight excluding hydrogens is 366 g/mol. The summed E-state index contributed by atoms with van der Waals surface area (Å²) in [7, 11) is 0. The molecule has 4 N–H and O–H groups in total. The van der Waals surface area contributed by atoms with Crippen LogP contribution in [0.2, 0.25) is 0 Å². The van der Waals surface area contributed by atoms with Crippen molar-refractivity contribution in [3.63, 3.8) is 0 Å². The molecule has 0 bridgehead atoms. The number of rotatable bonds is 17. The molecule has 0 aliphatic rings. The summed E-state index contributed by atoms with van der Waals surface area (Å²) in [4.78, 5) is 9.34. The van der Waals surface area contributed by atoms with Gasteiger partial charge in [-0.25, -0.2) is 4.98 Å². The average Bonchev–Trinajstić information content (AvgIpc) is 2.68. The van der Waals surface area contributed by atoms with Gasteiger partial charge in [0.2, 0.25) is 5.95 Å². The number of hydrogen-bond acceptors (Lipinski definition) is 7. The van der Waals surface area contributed by atoms with Crippen LogP contribution in [0, 0.1) is 0 Å². The fraction of sp³-hybridized carbons (Fsp3) is 0.818. The van der Waals surface area contributed by atoms with E-state index in [9.17, 15) is 0 Å². The van der Waals surface area contributed by atoms with Crippen LogP contribution in [0.5, 0.6) is 0 Å². The van der Waals surface area contributed by atoms with Crippen LogP contribution in [-0.2, 0) is 14.9 Å². The molecule has 0 aliphatic carbocycles. The van der Waals surface area contributed by atoms with E-state index in [1.807, 2.05) is 6.07 Å². The lowest BCUT2D eigenvalue weighted by Crippen LogP contribution is -2.19. The molecule has 7 nitrogen and oxygen atoms in total. The molecule has 168 valence electrons. The van der Waals surface area contributed by atoms with Crippen molar-refractivity contribution >= 4 is 11.8 Å². The number of nitrogens with one attached hydrogen (secondary N) is 2. The zero-order chi connectivity index (χ0) is 21.4. The van der Waals surface area contributed by atoms with Crippen LogP contribution in [0.1, 0.15) is 71.9 Å². The first-order valence-electron chi connectivity index (χ1n) is 11.2. The molecule has 0 amide bonds. The first-order valence-corrected chi connectivity index (χ1v) is 11.2. The normalized spacial score (nSPS) is 11.6. The highest BCUT2D eigenvalue weighted by molar-refractivity contribution is 5.44. The Bertz CT molecular complexity index is 534. The van der Waals surface area contributed by atoms with Crippen LogP contribution in [-0.4, -0.2) is 56.0 Å². The van der Waals surface area contributed by atoms with Gasteiger partial charge in [0.15, 0.2) is 0 Å². The lowest BCUT2D eigenvalue weighted by Gasteiger charge is -2.20. The predicted molar refractivity (Wildman–Crippen MR) is 122 cm³/mol. The Kier molecular flexibility index (Phi) is 13.6. The first kappa shape index (κ1) is 25.6. The van der Waals surface area contributed by atoms with Crippen LogP contribution < -0.4 is 16.4 Å². The van der Waals surface area contributed by atoms with Crippen molar-refractivity contribution < 1.29 is 9.47 Å². The van der Waals surface area contributed by atoms with Gasteiger partial charge in [-0.05, 0) is 6.42 Å². The number of hydrogen-bond donors (Lipinski definition) is 3. The number of ether oxygens (including phenoxy) is 2. The Balaban J connectivity index is 2.43. The molecule has 0 fully saturated rings. The fourth-order valence-electron chi connectivity index (χ4n) is 2.76. The van der Waals surface area contributed by atoms with E-state index in [4.69, 9.17) is 20.2 Å². The minimum absolute atomic E-state index is 0.0349. The second kappa shape index (κ2) is 15.4. The monoisotopic (exact) mass is 409 g/mol. The highest BCUT2D eigenvalue weighted by atomic mass is 16.5. The summed E-state index contributed by atoms with van der Waals surface area (Å²) in [5, 5.41) is 6.75. The van der Waals surface area contributed by atoms with Gasteiger partial charge in [0.05, 0.1) is 32.1 Å². The Morgan fingerprint density at radius 1 is 0.862 bits per heavy atom. The van der Waals surface area contributed by atoms with Crippen molar-refractivity contribution in [1.82, 2.24) is 9.97 Å². The van der Waals surface area contributed by atoms with Gasteiger partial charge in [-0.3, -0.25) is 0 Å². The number of anilines is 2. The van der Waals surface area contributed by atoms with Gasteiger partial charge in [0.1, 0.15) is 5.82 Å². The van der Waals surface area contributed by atoms with E-state index in [-0.39, 0.29) is 5.41 Å². The number of nitrogens with zero attached hydrogens (tertiary/aromatic N) is 2. The molecule has 7 heteroatoms. The van der Waals surface area contributed by atoms with Gasteiger partial charge in [-0.2, -0.15) is 4.98 Å². The molecule has 29 heavy (non-hydrogen) atoms. The summed E-state index contributed by atoms with van der Waals surface area (Å²) in [6.07, 6.45) is 7.67. The molecule has 0 atom stereocenters. The molecule has 0 aliphatic heterocycles. The quantitative estimate of drug-likeness (QED) is 0.335. The minimum Gasteiger partial charge on any atom is -0.378 e. The van der Waals surface area contributed by atoms with Crippen molar-refractivity contribution in [2.45, 2.75) is 71.6 Å². The SMILES string of the molecule is CCCCCCCCNc1nc(NCCOCCOCCN)cc(C(C)(C)C)n1. The molecular formula is C22H43N5O2. The van der Waals surface area contributed by atoms with E-state index in [1.165, 1.54) is 32.1 Å². The first-order chi connectivity index (χ1) is 14.0. The summed E-state index contributed by atoms with van der Waals surface area (Å²) in [5.74, 6) is 1.53. The Labute approximate surface area is 177 Å². The Morgan fingerprint density at radius 2 is 1.55 bits per heavy atom. The molecule has 0 spiro atoms. The minimum atomic E-state index is -0.0349. The van der Waals surface area contributed by atoms with Crippen LogP contribution >= 0.6 is 0 Å². The Hall–Kier alpha value is -1.44. The summed E-state index contributed by atoms with van der Waals surface area (Å²) < 4.78 is 10.9. The summed E-state index contributed by atoms with van der Waals surface area (Å²) in [6, 6.07) is 2.03. The van der Waals surface area contributed by atoms with Gasteiger partial charge in [0, 0.05) is 31.1 Å². The second-order valence-corrected chi connectivity index (χ2v) is 8.35. The molecule has 0 radical (unpaired) electrons. The number of unbranched alkanes of at least 4 members (excludes halogenated alkanes) is 5. The topological polar surface area (TPSA) is 94.3 Å². The molecule has 0 saturated carbocycles. The third-order valence-electron chi connectivity index (χ3n) is 4.49. The predicted octanol–water partition coefficient (Wildman–Crippen LogP) is 3.95. The molecule has 1 heterocycles. The van der Waals surface area contributed by atoms with E-state index >= 15 is 0 Å². The zero-order valence-corrected chi connectivity index (χ0v) is 19.1. The van der Waals surface area contributed by atoms with E-state index in [0.29, 0.717) is 45.5 Å². The van der Waals surface area contributed by atoms with E-state index < -0.39 is 0 Å². The van der Waals surface area contributed by atoms with Crippen LogP contribution in [0.3, 0.4) is 0 Å². The van der Waals surface area contributed by atoms with Crippen molar-refractivity contribution in [2.75, 3.05) is 56.7 Å². The van der Waals surface area contributed by atoms with Gasteiger partial charge in [-0.15, -0.1) is 0 Å². The van der Waals surface area contributed by atoms with Crippen LogP contribution in [0.4, 0.5) is 11.8 Å². The molecule has 0 saturated heterocycles. The molecule has 1 aromatic rings.